The zero-order chi connectivity index (χ0) is 12.4. The Hall–Kier alpha value is -1.62. The van der Waals surface area contributed by atoms with Crippen LogP contribution in [0.15, 0.2) is 18.2 Å². The molecule has 1 aromatic rings. The molecule has 1 saturated heterocycles. The minimum absolute atomic E-state index is 0.0295. The Kier molecular flexibility index (Phi) is 3.28. The lowest BCUT2D eigenvalue weighted by Crippen LogP contribution is -2.25. The van der Waals surface area contributed by atoms with Crippen molar-refractivity contribution in [3.8, 4) is 0 Å². The van der Waals surface area contributed by atoms with Gasteiger partial charge in [-0.1, -0.05) is 11.6 Å². The molecule has 0 saturated carbocycles. The number of hydrogen-bond acceptors (Lipinski definition) is 2. The molecule has 0 aliphatic carbocycles. The van der Waals surface area contributed by atoms with Gasteiger partial charge in [-0.3, -0.25) is 9.59 Å². The zero-order valence-electron chi connectivity index (χ0n) is 8.80. The summed E-state index contributed by atoms with van der Waals surface area (Å²) in [7, 11) is 0. The van der Waals surface area contributed by atoms with Crippen LogP contribution in [0.2, 0.25) is 5.02 Å². The molecule has 4 nitrogen and oxygen atoms in total. The molecule has 0 spiro atoms. The van der Waals surface area contributed by atoms with E-state index in [2.05, 4.69) is 10.6 Å². The number of anilines is 1. The van der Waals surface area contributed by atoms with Gasteiger partial charge in [-0.05, 0) is 18.2 Å². The van der Waals surface area contributed by atoms with Gasteiger partial charge >= 0.3 is 0 Å². The first-order valence-corrected chi connectivity index (χ1v) is 5.46. The predicted molar refractivity (Wildman–Crippen MR) is 61.2 cm³/mol. The number of carbonyl (C=O) groups excluding carboxylic acids is 2. The first-order valence-electron chi connectivity index (χ1n) is 5.09. The van der Waals surface area contributed by atoms with Gasteiger partial charge < -0.3 is 10.6 Å². The lowest BCUT2D eigenvalue weighted by atomic mass is 10.1. The van der Waals surface area contributed by atoms with E-state index in [1.165, 1.54) is 18.2 Å². The maximum Gasteiger partial charge on any atom is 0.229 e. The summed E-state index contributed by atoms with van der Waals surface area (Å²) >= 11 is 5.70. The molecule has 0 aromatic heterocycles. The molecule has 0 radical (unpaired) electrons. The predicted octanol–water partition coefficient (Wildman–Crippen LogP) is 1.55. The summed E-state index contributed by atoms with van der Waals surface area (Å²) in [5, 5.41) is 5.30. The van der Waals surface area contributed by atoms with E-state index in [0.717, 1.165) is 0 Å². The van der Waals surface area contributed by atoms with Crippen molar-refractivity contribution >= 4 is 29.1 Å². The fourth-order valence-corrected chi connectivity index (χ4v) is 1.79. The Morgan fingerprint density at radius 1 is 1.53 bits per heavy atom. The van der Waals surface area contributed by atoms with E-state index in [1.54, 1.807) is 0 Å². The molecule has 1 atom stereocenters. The van der Waals surface area contributed by atoms with Crippen LogP contribution in [0, 0.1) is 11.7 Å². The van der Waals surface area contributed by atoms with Crippen LogP contribution in [0.3, 0.4) is 0 Å². The quantitative estimate of drug-likeness (QED) is 0.844. The molecular weight excluding hydrogens is 247 g/mol. The minimum Gasteiger partial charge on any atom is -0.355 e. The van der Waals surface area contributed by atoms with Crippen molar-refractivity contribution in [1.82, 2.24) is 5.32 Å². The first kappa shape index (κ1) is 11.9. The number of nitrogens with one attached hydrogen (secondary N) is 2. The van der Waals surface area contributed by atoms with Crippen molar-refractivity contribution < 1.29 is 14.0 Å². The number of rotatable bonds is 2. The fourth-order valence-electron chi connectivity index (χ4n) is 1.62. The van der Waals surface area contributed by atoms with E-state index in [0.29, 0.717) is 5.02 Å². The Labute approximate surface area is 102 Å². The molecule has 1 aliphatic heterocycles. The number of hydrogen-bond donors (Lipinski definition) is 2. The van der Waals surface area contributed by atoms with Crippen LogP contribution >= 0.6 is 11.6 Å². The molecule has 1 unspecified atom stereocenters. The minimum atomic E-state index is -0.556. The lowest BCUT2D eigenvalue weighted by Gasteiger charge is -2.10. The Bertz CT molecular complexity index is 479. The Morgan fingerprint density at radius 2 is 2.29 bits per heavy atom. The van der Waals surface area contributed by atoms with Crippen molar-refractivity contribution in [2.45, 2.75) is 6.42 Å². The van der Waals surface area contributed by atoms with E-state index >= 15 is 0 Å². The van der Waals surface area contributed by atoms with Gasteiger partial charge in [-0.2, -0.15) is 0 Å². The fraction of sp³-hybridized carbons (Fsp3) is 0.273. The number of halogens is 2. The first-order chi connectivity index (χ1) is 8.06. The van der Waals surface area contributed by atoms with Gasteiger partial charge in [0.05, 0.1) is 11.6 Å². The maximum atomic E-state index is 13.3. The smallest absolute Gasteiger partial charge is 0.229 e. The molecule has 0 bridgehead atoms. The highest BCUT2D eigenvalue weighted by Crippen LogP contribution is 2.21. The summed E-state index contributed by atoms with van der Waals surface area (Å²) < 4.78 is 13.3. The van der Waals surface area contributed by atoms with E-state index in [9.17, 15) is 14.0 Å². The van der Waals surface area contributed by atoms with E-state index in [1.807, 2.05) is 0 Å². The highest BCUT2D eigenvalue weighted by molar-refractivity contribution is 6.30. The Morgan fingerprint density at radius 3 is 2.94 bits per heavy atom. The largest absolute Gasteiger partial charge is 0.355 e. The molecule has 2 rings (SSSR count). The SMILES string of the molecule is O=C1CC(C(=O)Nc2cc(Cl)ccc2F)CN1. The summed E-state index contributed by atoms with van der Waals surface area (Å²) in [6, 6.07) is 3.90. The average molecular weight is 257 g/mol. The lowest BCUT2D eigenvalue weighted by molar-refractivity contribution is -0.123. The summed E-state index contributed by atoms with van der Waals surface area (Å²) in [6.45, 7) is 0.285. The van der Waals surface area contributed by atoms with Crippen LogP contribution in [0.1, 0.15) is 6.42 Å². The topological polar surface area (TPSA) is 58.2 Å². The van der Waals surface area contributed by atoms with Crippen LogP contribution in [0.5, 0.6) is 0 Å². The van der Waals surface area contributed by atoms with Gasteiger partial charge in [0.2, 0.25) is 11.8 Å². The van der Waals surface area contributed by atoms with E-state index in [-0.39, 0.29) is 30.5 Å². The van der Waals surface area contributed by atoms with E-state index in [4.69, 9.17) is 11.6 Å². The zero-order valence-corrected chi connectivity index (χ0v) is 9.55. The van der Waals surface area contributed by atoms with Crippen molar-refractivity contribution in [2.75, 3.05) is 11.9 Å². The molecule has 1 fully saturated rings. The van der Waals surface area contributed by atoms with Crippen LogP contribution in [-0.2, 0) is 9.59 Å². The second-order valence-electron chi connectivity index (χ2n) is 3.82. The third-order valence-electron chi connectivity index (χ3n) is 2.53. The van der Waals surface area contributed by atoms with Gasteiger partial charge in [0.25, 0.3) is 0 Å². The van der Waals surface area contributed by atoms with Gasteiger partial charge in [-0.15, -0.1) is 0 Å². The molecule has 90 valence electrons. The highest BCUT2D eigenvalue weighted by atomic mass is 35.5. The monoisotopic (exact) mass is 256 g/mol. The second-order valence-corrected chi connectivity index (χ2v) is 4.25. The van der Waals surface area contributed by atoms with Crippen molar-refractivity contribution in [1.29, 1.82) is 0 Å². The summed E-state index contributed by atoms with van der Waals surface area (Å²) in [6.07, 6.45) is 0.133. The van der Waals surface area contributed by atoms with Crippen molar-refractivity contribution in [2.24, 2.45) is 5.92 Å². The molecule has 1 aromatic carbocycles. The Balaban J connectivity index is 2.07. The van der Waals surface area contributed by atoms with Crippen LogP contribution in [-0.4, -0.2) is 18.4 Å². The third-order valence-corrected chi connectivity index (χ3v) is 2.77. The summed E-state index contributed by atoms with van der Waals surface area (Å²) in [5.74, 6) is -1.57. The average Bonchev–Trinajstić information content (AvgIpc) is 2.70. The normalized spacial score (nSPS) is 18.9. The number of carbonyl (C=O) groups is 2. The third kappa shape index (κ3) is 2.74. The summed E-state index contributed by atoms with van der Waals surface area (Å²) in [4.78, 5) is 22.7. The van der Waals surface area contributed by atoms with Gasteiger partial charge in [-0.25, -0.2) is 4.39 Å². The molecule has 2 amide bonds. The highest BCUT2D eigenvalue weighted by Gasteiger charge is 2.28. The van der Waals surface area contributed by atoms with Gasteiger partial charge in [0.1, 0.15) is 5.82 Å². The number of amides is 2. The van der Waals surface area contributed by atoms with Crippen molar-refractivity contribution in [3.63, 3.8) is 0 Å². The molecule has 1 aliphatic rings. The molecule has 1 heterocycles. The van der Waals surface area contributed by atoms with Crippen LogP contribution in [0.4, 0.5) is 10.1 Å². The van der Waals surface area contributed by atoms with Crippen molar-refractivity contribution in [3.05, 3.63) is 29.0 Å². The van der Waals surface area contributed by atoms with E-state index < -0.39 is 11.7 Å². The summed E-state index contributed by atoms with van der Waals surface area (Å²) in [5.41, 5.74) is 0.0295. The van der Waals surface area contributed by atoms with Crippen LogP contribution in [0.25, 0.3) is 0 Å². The second kappa shape index (κ2) is 4.71. The molecular formula is C11H10ClFN2O2. The number of benzene rings is 1. The molecule has 17 heavy (non-hydrogen) atoms. The molecule has 6 heteroatoms. The maximum absolute atomic E-state index is 13.3. The molecule has 2 N–H and O–H groups in total. The standard InChI is InChI=1S/C11H10ClFN2O2/c12-7-1-2-8(13)9(4-7)15-11(17)6-3-10(16)14-5-6/h1-2,4,6H,3,5H2,(H,14,16)(H,15,17). The van der Waals surface area contributed by atoms with Gasteiger partial charge in [0, 0.05) is 18.0 Å². The van der Waals surface area contributed by atoms with Crippen LogP contribution < -0.4 is 10.6 Å². The van der Waals surface area contributed by atoms with Gasteiger partial charge in [0.15, 0.2) is 0 Å².